The summed E-state index contributed by atoms with van der Waals surface area (Å²) in [5.41, 5.74) is 2.33. The van der Waals surface area contributed by atoms with E-state index in [0.29, 0.717) is 17.1 Å². The first-order valence-corrected chi connectivity index (χ1v) is 9.57. The molecule has 0 bridgehead atoms. The van der Waals surface area contributed by atoms with Gasteiger partial charge in [0.2, 0.25) is 0 Å². The number of thioether (sulfide) groups is 1. The van der Waals surface area contributed by atoms with Gasteiger partial charge in [-0.2, -0.15) is 0 Å². The summed E-state index contributed by atoms with van der Waals surface area (Å²) in [6.07, 6.45) is 0. The van der Waals surface area contributed by atoms with Crippen LogP contribution in [0.3, 0.4) is 0 Å². The molecule has 28 heavy (non-hydrogen) atoms. The van der Waals surface area contributed by atoms with Crippen LogP contribution in [0.15, 0.2) is 65.6 Å². The number of ether oxygens (including phenoxy) is 1. The molecule has 0 aliphatic heterocycles. The Hall–Kier alpha value is -2.86. The Balaban J connectivity index is 1.77. The maximum Gasteiger partial charge on any atom is 0.255 e. The minimum atomic E-state index is -0.822. The second-order valence-electron chi connectivity index (χ2n) is 6.21. The summed E-state index contributed by atoms with van der Waals surface area (Å²) < 4.78 is 32.2. The fourth-order valence-corrected chi connectivity index (χ4v) is 3.49. The molecule has 3 nitrogen and oxygen atoms in total. The van der Waals surface area contributed by atoms with Gasteiger partial charge in [0.1, 0.15) is 17.4 Å². The summed E-state index contributed by atoms with van der Waals surface area (Å²) in [5.74, 6) is -0.718. The second-order valence-corrected chi connectivity index (χ2v) is 7.26. The lowest BCUT2D eigenvalue weighted by atomic mass is 10.1. The topological polar surface area (TPSA) is 38.3 Å². The minimum Gasteiger partial charge on any atom is -0.496 e. The normalized spacial score (nSPS) is 10.6. The van der Waals surface area contributed by atoms with E-state index in [4.69, 9.17) is 4.74 Å². The van der Waals surface area contributed by atoms with Crippen molar-refractivity contribution in [2.75, 3.05) is 12.4 Å². The van der Waals surface area contributed by atoms with Gasteiger partial charge in [-0.3, -0.25) is 4.79 Å². The van der Waals surface area contributed by atoms with Crippen LogP contribution in [-0.2, 0) is 5.75 Å². The Labute approximate surface area is 166 Å². The molecule has 0 heterocycles. The van der Waals surface area contributed by atoms with Gasteiger partial charge < -0.3 is 10.1 Å². The zero-order valence-electron chi connectivity index (χ0n) is 15.5. The van der Waals surface area contributed by atoms with Crippen LogP contribution in [-0.4, -0.2) is 13.0 Å². The number of benzene rings is 3. The second kappa shape index (κ2) is 8.89. The molecule has 0 saturated heterocycles. The van der Waals surface area contributed by atoms with Crippen LogP contribution >= 0.6 is 11.8 Å². The Kier molecular flexibility index (Phi) is 6.31. The molecule has 0 radical (unpaired) electrons. The molecule has 6 heteroatoms. The molecule has 0 fully saturated rings. The van der Waals surface area contributed by atoms with Gasteiger partial charge in [0.25, 0.3) is 5.91 Å². The highest BCUT2D eigenvalue weighted by atomic mass is 32.2. The zero-order chi connectivity index (χ0) is 20.1. The third kappa shape index (κ3) is 4.89. The van der Waals surface area contributed by atoms with Crippen molar-refractivity contribution in [3.63, 3.8) is 0 Å². The molecule has 0 aliphatic carbocycles. The largest absolute Gasteiger partial charge is 0.496 e. The maximum atomic E-state index is 13.8. The number of carbonyl (C=O) groups excluding carboxylic acids is 1. The molecule has 1 amide bonds. The Morgan fingerprint density at radius 3 is 2.46 bits per heavy atom. The molecule has 0 spiro atoms. The summed E-state index contributed by atoms with van der Waals surface area (Å²) >= 11 is 1.63. The number of halogens is 2. The Morgan fingerprint density at radius 2 is 1.79 bits per heavy atom. The summed E-state index contributed by atoms with van der Waals surface area (Å²) in [7, 11) is 1.57. The van der Waals surface area contributed by atoms with Crippen LogP contribution in [0.2, 0.25) is 0 Å². The van der Waals surface area contributed by atoms with Crippen molar-refractivity contribution in [1.82, 2.24) is 0 Å². The van der Waals surface area contributed by atoms with Crippen LogP contribution in [0.5, 0.6) is 5.75 Å². The minimum absolute atomic E-state index is 0.0715. The van der Waals surface area contributed by atoms with E-state index in [1.807, 2.05) is 31.2 Å². The maximum absolute atomic E-state index is 13.8. The van der Waals surface area contributed by atoms with Gasteiger partial charge >= 0.3 is 0 Å². The summed E-state index contributed by atoms with van der Waals surface area (Å²) in [4.78, 5) is 13.6. The highest BCUT2D eigenvalue weighted by Gasteiger charge is 2.13. The molecular weight excluding hydrogens is 380 g/mol. The van der Waals surface area contributed by atoms with Crippen LogP contribution in [0, 0.1) is 18.6 Å². The van der Waals surface area contributed by atoms with E-state index in [1.54, 1.807) is 37.1 Å². The fourth-order valence-electron chi connectivity index (χ4n) is 2.61. The molecule has 144 valence electrons. The first kappa shape index (κ1) is 19.9. The standard InChI is InChI=1S/C22H19F2NO2S/c1-14-3-7-18(8-4-14)28-13-16-11-15(5-10-21(16)27-2)22(26)25-20-9-6-17(23)12-19(20)24/h3-12H,13H2,1-2H3,(H,25,26). The van der Waals surface area contributed by atoms with Gasteiger partial charge in [0.15, 0.2) is 0 Å². The van der Waals surface area contributed by atoms with E-state index >= 15 is 0 Å². The lowest BCUT2D eigenvalue weighted by Crippen LogP contribution is -2.13. The van der Waals surface area contributed by atoms with Crippen LogP contribution < -0.4 is 10.1 Å². The van der Waals surface area contributed by atoms with Gasteiger partial charge in [-0.15, -0.1) is 11.8 Å². The van der Waals surface area contributed by atoms with Crippen LogP contribution in [0.25, 0.3) is 0 Å². The summed E-state index contributed by atoms with van der Waals surface area (Å²) in [5, 5.41) is 2.47. The van der Waals surface area contributed by atoms with Crippen LogP contribution in [0.4, 0.5) is 14.5 Å². The SMILES string of the molecule is COc1ccc(C(=O)Nc2ccc(F)cc2F)cc1CSc1ccc(C)cc1. The number of hydrogen-bond acceptors (Lipinski definition) is 3. The number of anilines is 1. The van der Waals surface area contributed by atoms with Gasteiger partial charge in [-0.1, -0.05) is 17.7 Å². The van der Waals surface area contributed by atoms with Crippen LogP contribution in [0.1, 0.15) is 21.5 Å². The van der Waals surface area contributed by atoms with Crippen molar-refractivity contribution in [1.29, 1.82) is 0 Å². The summed E-state index contributed by atoms with van der Waals surface area (Å²) in [6.45, 7) is 2.03. The lowest BCUT2D eigenvalue weighted by molar-refractivity contribution is 0.102. The number of nitrogens with one attached hydrogen (secondary N) is 1. The Bertz CT molecular complexity index is 990. The van der Waals surface area contributed by atoms with E-state index in [2.05, 4.69) is 5.32 Å². The molecular formula is C22H19F2NO2S. The molecule has 0 unspecified atom stereocenters. The molecule has 3 rings (SSSR count). The smallest absolute Gasteiger partial charge is 0.255 e. The van der Waals surface area contributed by atoms with Gasteiger partial charge in [0, 0.05) is 27.8 Å². The molecule has 0 aliphatic rings. The van der Waals surface area contributed by atoms with E-state index in [-0.39, 0.29) is 5.69 Å². The quantitative estimate of drug-likeness (QED) is 0.530. The number of hydrogen-bond donors (Lipinski definition) is 1. The molecule has 0 saturated carbocycles. The van der Waals surface area contributed by atoms with Crippen molar-refractivity contribution < 1.29 is 18.3 Å². The third-order valence-electron chi connectivity index (χ3n) is 4.14. The number of carbonyl (C=O) groups is 1. The monoisotopic (exact) mass is 399 g/mol. The molecule has 0 atom stereocenters. The predicted molar refractivity (Wildman–Crippen MR) is 108 cm³/mol. The predicted octanol–water partition coefficient (Wildman–Crippen LogP) is 5.83. The van der Waals surface area contributed by atoms with Crippen molar-refractivity contribution in [3.05, 3.63) is 89.0 Å². The molecule has 0 aromatic heterocycles. The third-order valence-corrected chi connectivity index (χ3v) is 5.20. The van der Waals surface area contributed by atoms with Crippen molar-refractivity contribution in [3.8, 4) is 5.75 Å². The highest BCUT2D eigenvalue weighted by molar-refractivity contribution is 7.98. The number of amides is 1. The lowest BCUT2D eigenvalue weighted by Gasteiger charge is -2.12. The molecule has 1 N–H and O–H groups in total. The number of aryl methyl sites for hydroxylation is 1. The first-order valence-electron chi connectivity index (χ1n) is 8.59. The van der Waals surface area contributed by atoms with Crippen molar-refractivity contribution >= 4 is 23.4 Å². The number of rotatable bonds is 6. The first-order chi connectivity index (χ1) is 13.5. The molecule has 3 aromatic carbocycles. The average Bonchev–Trinajstić information content (AvgIpc) is 2.69. The van der Waals surface area contributed by atoms with Gasteiger partial charge in [-0.05, 0) is 49.4 Å². The van der Waals surface area contributed by atoms with E-state index < -0.39 is 17.5 Å². The van der Waals surface area contributed by atoms with E-state index in [1.165, 1.54) is 11.6 Å². The highest BCUT2D eigenvalue weighted by Crippen LogP contribution is 2.29. The Morgan fingerprint density at radius 1 is 1.04 bits per heavy atom. The fraction of sp³-hybridized carbons (Fsp3) is 0.136. The van der Waals surface area contributed by atoms with E-state index in [9.17, 15) is 13.6 Å². The molecule has 3 aromatic rings. The zero-order valence-corrected chi connectivity index (χ0v) is 16.3. The number of methoxy groups -OCH3 is 1. The van der Waals surface area contributed by atoms with Gasteiger partial charge in [-0.25, -0.2) is 8.78 Å². The average molecular weight is 399 g/mol. The van der Waals surface area contributed by atoms with E-state index in [0.717, 1.165) is 22.6 Å². The van der Waals surface area contributed by atoms with Crippen molar-refractivity contribution in [2.24, 2.45) is 0 Å². The summed E-state index contributed by atoms with van der Waals surface area (Å²) in [6, 6.07) is 16.2. The van der Waals surface area contributed by atoms with Crippen molar-refractivity contribution in [2.45, 2.75) is 17.6 Å². The van der Waals surface area contributed by atoms with Gasteiger partial charge in [0.05, 0.1) is 12.8 Å².